The van der Waals surface area contributed by atoms with Crippen LogP contribution in [0.3, 0.4) is 0 Å². The van der Waals surface area contributed by atoms with Crippen molar-refractivity contribution < 1.29 is 14.2 Å². The lowest BCUT2D eigenvalue weighted by Crippen LogP contribution is -2.34. The summed E-state index contributed by atoms with van der Waals surface area (Å²) in [5.74, 6) is 2.30. The van der Waals surface area contributed by atoms with E-state index in [1.54, 1.807) is 6.20 Å². The fraction of sp³-hybridized carbons (Fsp3) is 0.217. The van der Waals surface area contributed by atoms with E-state index in [0.29, 0.717) is 24.8 Å². The molecule has 2 heterocycles. The van der Waals surface area contributed by atoms with Gasteiger partial charge in [0.2, 0.25) is 6.79 Å². The Labute approximate surface area is 181 Å². The predicted molar refractivity (Wildman–Crippen MR) is 120 cm³/mol. The minimum absolute atomic E-state index is 0.256. The van der Waals surface area contributed by atoms with E-state index >= 15 is 0 Å². The molecule has 0 unspecified atom stereocenters. The molecule has 0 bridgehead atoms. The summed E-state index contributed by atoms with van der Waals surface area (Å²) in [5, 5.41) is 3.94. The van der Waals surface area contributed by atoms with Crippen molar-refractivity contribution in [3.63, 3.8) is 0 Å². The third-order valence-corrected chi connectivity index (χ3v) is 4.98. The highest BCUT2D eigenvalue weighted by Gasteiger charge is 2.17. The Morgan fingerprint density at radius 3 is 2.73 bits per heavy atom. The number of rotatable bonds is 7. The molecule has 0 spiro atoms. The third-order valence-electron chi connectivity index (χ3n) is 4.62. The van der Waals surface area contributed by atoms with Gasteiger partial charge in [-0.05, 0) is 60.6 Å². The molecule has 0 radical (unpaired) electrons. The molecule has 0 amide bonds. The van der Waals surface area contributed by atoms with Gasteiger partial charge < -0.3 is 24.4 Å². The van der Waals surface area contributed by atoms with E-state index in [2.05, 4.69) is 15.2 Å². The molecule has 0 saturated carbocycles. The molecule has 1 aromatic heterocycles. The van der Waals surface area contributed by atoms with Crippen LogP contribution >= 0.6 is 12.2 Å². The van der Waals surface area contributed by atoms with Gasteiger partial charge in [0, 0.05) is 25.5 Å². The molecule has 154 valence electrons. The van der Waals surface area contributed by atoms with Crippen LogP contribution in [0, 0.1) is 0 Å². The van der Waals surface area contributed by atoms with Crippen LogP contribution in [0.2, 0.25) is 0 Å². The van der Waals surface area contributed by atoms with Gasteiger partial charge in [0.15, 0.2) is 16.6 Å². The van der Waals surface area contributed by atoms with E-state index in [0.717, 1.165) is 34.1 Å². The van der Waals surface area contributed by atoms with E-state index in [1.165, 1.54) is 0 Å². The van der Waals surface area contributed by atoms with E-state index in [9.17, 15) is 0 Å². The van der Waals surface area contributed by atoms with E-state index in [-0.39, 0.29) is 6.79 Å². The average Bonchev–Trinajstić information content (AvgIpc) is 3.23. The highest BCUT2D eigenvalue weighted by molar-refractivity contribution is 7.80. The Hall–Kier alpha value is -3.32. The third kappa shape index (κ3) is 4.80. The van der Waals surface area contributed by atoms with Crippen LogP contribution in [0.5, 0.6) is 17.2 Å². The maximum Gasteiger partial charge on any atom is 0.231 e. The van der Waals surface area contributed by atoms with E-state index < -0.39 is 0 Å². The van der Waals surface area contributed by atoms with Crippen LogP contribution in [-0.4, -0.2) is 28.4 Å². The molecule has 4 rings (SSSR count). The fourth-order valence-corrected chi connectivity index (χ4v) is 3.46. The first-order valence-electron chi connectivity index (χ1n) is 9.78. The monoisotopic (exact) mass is 421 g/mol. The summed E-state index contributed by atoms with van der Waals surface area (Å²) < 4.78 is 16.7. The van der Waals surface area contributed by atoms with Gasteiger partial charge in [0.25, 0.3) is 0 Å². The number of ether oxygens (including phenoxy) is 3. The van der Waals surface area contributed by atoms with Crippen LogP contribution in [0.1, 0.15) is 18.1 Å². The first kappa shape index (κ1) is 20.0. The van der Waals surface area contributed by atoms with E-state index in [4.69, 9.17) is 26.4 Å². The topological polar surface area (TPSA) is 55.9 Å². The molecule has 1 aliphatic heterocycles. The smallest absolute Gasteiger partial charge is 0.231 e. The standard InChI is InChI=1S/C23H23N3O3S/c1-2-27-20-8-4-3-7-19(20)25-23(30)26(15-18-6-5-11-24-13-18)14-17-9-10-21-22(12-17)29-16-28-21/h3-13H,2,14-16H2,1H3,(H,25,30). The molecular formula is C23H23N3O3S. The van der Waals surface area contributed by atoms with Crippen LogP contribution in [0.25, 0.3) is 0 Å². The van der Waals surface area contributed by atoms with Crippen molar-refractivity contribution in [2.24, 2.45) is 0 Å². The Bertz CT molecular complexity index is 1010. The molecule has 0 aliphatic carbocycles. The molecule has 0 fully saturated rings. The Morgan fingerprint density at radius 2 is 1.90 bits per heavy atom. The van der Waals surface area contributed by atoms with Gasteiger partial charge in [0.1, 0.15) is 5.75 Å². The molecule has 1 aliphatic rings. The molecule has 30 heavy (non-hydrogen) atoms. The van der Waals surface area contributed by atoms with Crippen molar-refractivity contribution in [1.29, 1.82) is 0 Å². The van der Waals surface area contributed by atoms with Gasteiger partial charge in [-0.15, -0.1) is 0 Å². The van der Waals surface area contributed by atoms with E-state index in [1.807, 2.05) is 67.7 Å². The summed E-state index contributed by atoms with van der Waals surface area (Å²) >= 11 is 5.78. The lowest BCUT2D eigenvalue weighted by Gasteiger charge is -2.27. The summed E-state index contributed by atoms with van der Waals surface area (Å²) in [6, 6.07) is 17.7. The lowest BCUT2D eigenvalue weighted by molar-refractivity contribution is 0.174. The van der Waals surface area contributed by atoms with Gasteiger partial charge in [-0.1, -0.05) is 24.3 Å². The van der Waals surface area contributed by atoms with Gasteiger partial charge in [0.05, 0.1) is 12.3 Å². The second-order valence-electron chi connectivity index (χ2n) is 6.76. The normalized spacial score (nSPS) is 11.8. The second kappa shape index (κ2) is 9.45. The summed E-state index contributed by atoms with van der Waals surface area (Å²) in [5.41, 5.74) is 2.98. The zero-order valence-corrected chi connectivity index (χ0v) is 17.5. The number of fused-ring (bicyclic) bond motifs is 1. The number of pyridine rings is 1. The molecular weight excluding hydrogens is 398 g/mol. The predicted octanol–water partition coefficient (Wildman–Crippen LogP) is 4.61. The van der Waals surface area contributed by atoms with Crippen molar-refractivity contribution in [3.8, 4) is 17.2 Å². The number of thiocarbonyl (C=S) groups is 1. The van der Waals surface area contributed by atoms with Crippen LogP contribution in [-0.2, 0) is 13.1 Å². The molecule has 0 saturated heterocycles. The number of aromatic nitrogens is 1. The van der Waals surface area contributed by atoms with Gasteiger partial charge in [-0.25, -0.2) is 0 Å². The molecule has 7 heteroatoms. The number of nitrogens with zero attached hydrogens (tertiary/aromatic N) is 2. The van der Waals surface area contributed by atoms with Gasteiger partial charge >= 0.3 is 0 Å². The Morgan fingerprint density at radius 1 is 1.07 bits per heavy atom. The largest absolute Gasteiger partial charge is 0.492 e. The van der Waals surface area contributed by atoms with Crippen molar-refractivity contribution in [2.75, 3.05) is 18.7 Å². The summed E-state index contributed by atoms with van der Waals surface area (Å²) in [6.45, 7) is 4.02. The summed E-state index contributed by atoms with van der Waals surface area (Å²) in [6.07, 6.45) is 3.62. The zero-order valence-electron chi connectivity index (χ0n) is 16.7. The zero-order chi connectivity index (χ0) is 20.8. The SMILES string of the molecule is CCOc1ccccc1NC(=S)N(Cc1cccnc1)Cc1ccc2c(c1)OCO2. The number of hydrogen-bond acceptors (Lipinski definition) is 5. The molecule has 0 atom stereocenters. The molecule has 1 N–H and O–H groups in total. The number of para-hydroxylation sites is 2. The maximum absolute atomic E-state index is 5.78. The van der Waals surface area contributed by atoms with Gasteiger partial charge in [-0.2, -0.15) is 0 Å². The summed E-state index contributed by atoms with van der Waals surface area (Å²) in [4.78, 5) is 6.32. The second-order valence-corrected chi connectivity index (χ2v) is 7.15. The van der Waals surface area contributed by atoms with Crippen molar-refractivity contribution in [1.82, 2.24) is 9.88 Å². The first-order valence-corrected chi connectivity index (χ1v) is 10.2. The Kier molecular flexibility index (Phi) is 6.29. The number of anilines is 1. The fourth-order valence-electron chi connectivity index (χ4n) is 3.22. The van der Waals surface area contributed by atoms with Crippen LogP contribution in [0.15, 0.2) is 67.0 Å². The summed E-state index contributed by atoms with van der Waals surface area (Å²) in [7, 11) is 0. The van der Waals surface area contributed by atoms with Crippen LogP contribution < -0.4 is 19.5 Å². The number of hydrogen-bond donors (Lipinski definition) is 1. The highest BCUT2D eigenvalue weighted by Crippen LogP contribution is 2.33. The van der Waals surface area contributed by atoms with Crippen molar-refractivity contribution in [3.05, 3.63) is 78.1 Å². The molecule has 2 aromatic carbocycles. The Balaban J connectivity index is 1.56. The maximum atomic E-state index is 5.78. The average molecular weight is 422 g/mol. The first-order chi connectivity index (χ1) is 14.7. The number of benzene rings is 2. The van der Waals surface area contributed by atoms with Gasteiger partial charge in [-0.3, -0.25) is 4.98 Å². The molecule has 6 nitrogen and oxygen atoms in total. The minimum atomic E-state index is 0.256. The highest BCUT2D eigenvalue weighted by atomic mass is 32.1. The quantitative estimate of drug-likeness (QED) is 0.559. The number of nitrogens with one attached hydrogen (secondary N) is 1. The van der Waals surface area contributed by atoms with Crippen LogP contribution in [0.4, 0.5) is 5.69 Å². The minimum Gasteiger partial charge on any atom is -0.492 e. The van der Waals surface area contributed by atoms with Crippen molar-refractivity contribution >= 4 is 23.0 Å². The van der Waals surface area contributed by atoms with Crippen molar-refractivity contribution in [2.45, 2.75) is 20.0 Å². The lowest BCUT2D eigenvalue weighted by atomic mass is 10.1. The molecule has 3 aromatic rings.